The summed E-state index contributed by atoms with van der Waals surface area (Å²) >= 11 is 0. The second-order valence-electron chi connectivity index (χ2n) is 4.23. The molecule has 0 saturated carbocycles. The SMILES string of the molecule is CC1(C)O[C@H]2O[C@H](CO)[C@@H](CN)[C@H]2O1. The zero-order valence-electron chi connectivity index (χ0n) is 8.47. The highest BCUT2D eigenvalue weighted by Crippen LogP contribution is 2.39. The predicted molar refractivity (Wildman–Crippen MR) is 48.3 cm³/mol. The van der Waals surface area contributed by atoms with Gasteiger partial charge in [0.15, 0.2) is 12.1 Å². The zero-order valence-corrected chi connectivity index (χ0v) is 8.47. The monoisotopic (exact) mass is 203 g/mol. The van der Waals surface area contributed by atoms with Crippen LogP contribution >= 0.6 is 0 Å². The molecule has 0 bridgehead atoms. The molecule has 2 fully saturated rings. The van der Waals surface area contributed by atoms with Gasteiger partial charge >= 0.3 is 0 Å². The smallest absolute Gasteiger partial charge is 0.187 e. The van der Waals surface area contributed by atoms with Gasteiger partial charge in [-0.2, -0.15) is 0 Å². The van der Waals surface area contributed by atoms with Crippen LogP contribution in [0.5, 0.6) is 0 Å². The average molecular weight is 203 g/mol. The Morgan fingerprint density at radius 1 is 1.36 bits per heavy atom. The molecule has 2 heterocycles. The van der Waals surface area contributed by atoms with Crippen molar-refractivity contribution in [1.82, 2.24) is 0 Å². The first kappa shape index (κ1) is 10.3. The van der Waals surface area contributed by atoms with E-state index in [0.717, 1.165) is 0 Å². The maximum absolute atomic E-state index is 9.06. The van der Waals surface area contributed by atoms with Crippen LogP contribution in [0.3, 0.4) is 0 Å². The Morgan fingerprint density at radius 2 is 2.07 bits per heavy atom. The van der Waals surface area contributed by atoms with E-state index in [-0.39, 0.29) is 31.0 Å². The molecule has 14 heavy (non-hydrogen) atoms. The molecule has 5 nitrogen and oxygen atoms in total. The molecule has 82 valence electrons. The summed E-state index contributed by atoms with van der Waals surface area (Å²) in [4.78, 5) is 0. The molecule has 0 spiro atoms. The molecule has 0 amide bonds. The topological polar surface area (TPSA) is 73.9 Å². The van der Waals surface area contributed by atoms with Gasteiger partial charge < -0.3 is 25.1 Å². The Morgan fingerprint density at radius 3 is 2.64 bits per heavy atom. The van der Waals surface area contributed by atoms with Crippen molar-refractivity contribution in [2.75, 3.05) is 13.2 Å². The van der Waals surface area contributed by atoms with Gasteiger partial charge in [0.2, 0.25) is 0 Å². The number of hydrogen-bond donors (Lipinski definition) is 2. The number of fused-ring (bicyclic) bond motifs is 1. The number of aliphatic hydroxyl groups is 1. The summed E-state index contributed by atoms with van der Waals surface area (Å²) in [6, 6.07) is 0. The fourth-order valence-electron chi connectivity index (χ4n) is 2.10. The molecular formula is C9H17NO4. The van der Waals surface area contributed by atoms with Gasteiger partial charge in [0.1, 0.15) is 6.10 Å². The molecule has 2 saturated heterocycles. The van der Waals surface area contributed by atoms with Gasteiger partial charge in [-0.1, -0.05) is 0 Å². The van der Waals surface area contributed by atoms with Crippen LogP contribution in [0, 0.1) is 5.92 Å². The van der Waals surface area contributed by atoms with Gasteiger partial charge in [0.05, 0.1) is 12.7 Å². The second kappa shape index (κ2) is 3.43. The highest BCUT2D eigenvalue weighted by Gasteiger charge is 2.53. The third kappa shape index (κ3) is 1.55. The third-order valence-electron chi connectivity index (χ3n) is 2.75. The minimum absolute atomic E-state index is 0.0202. The van der Waals surface area contributed by atoms with E-state index in [0.29, 0.717) is 6.54 Å². The summed E-state index contributed by atoms with van der Waals surface area (Å²) in [5, 5.41) is 9.06. The van der Waals surface area contributed by atoms with Gasteiger partial charge in [-0.25, -0.2) is 0 Å². The molecule has 4 atom stereocenters. The van der Waals surface area contributed by atoms with Crippen LogP contribution in [-0.4, -0.2) is 42.5 Å². The number of ether oxygens (including phenoxy) is 3. The van der Waals surface area contributed by atoms with E-state index in [4.69, 9.17) is 25.1 Å². The standard InChI is InChI=1S/C9H17NO4/c1-9(2)13-7-5(3-10)6(4-11)12-8(7)14-9/h5-8,11H,3-4,10H2,1-2H3/t5-,6-,7-,8-/m1/s1. The van der Waals surface area contributed by atoms with Crippen molar-refractivity contribution in [2.24, 2.45) is 11.7 Å². The van der Waals surface area contributed by atoms with Crippen LogP contribution in [-0.2, 0) is 14.2 Å². The summed E-state index contributed by atoms with van der Waals surface area (Å²) in [5.74, 6) is -0.588. The molecule has 0 aromatic carbocycles. The van der Waals surface area contributed by atoms with Crippen molar-refractivity contribution < 1.29 is 19.3 Å². The molecule has 2 aliphatic rings. The summed E-state index contributed by atoms with van der Waals surface area (Å²) < 4.78 is 16.7. The van der Waals surface area contributed by atoms with Gasteiger partial charge in [-0.15, -0.1) is 0 Å². The van der Waals surface area contributed by atoms with Gasteiger partial charge in [0.25, 0.3) is 0 Å². The fraction of sp³-hybridized carbons (Fsp3) is 1.00. The van der Waals surface area contributed by atoms with E-state index in [2.05, 4.69) is 0 Å². The van der Waals surface area contributed by atoms with Gasteiger partial charge in [0, 0.05) is 12.5 Å². The molecule has 0 radical (unpaired) electrons. The van der Waals surface area contributed by atoms with Crippen molar-refractivity contribution in [3.8, 4) is 0 Å². The first-order valence-corrected chi connectivity index (χ1v) is 4.89. The molecule has 0 aliphatic carbocycles. The van der Waals surface area contributed by atoms with Crippen molar-refractivity contribution in [3.63, 3.8) is 0 Å². The predicted octanol–water partition coefficient (Wildman–Crippen LogP) is -0.570. The van der Waals surface area contributed by atoms with Crippen molar-refractivity contribution >= 4 is 0 Å². The normalized spacial score (nSPS) is 45.4. The summed E-state index contributed by atoms with van der Waals surface area (Å²) in [6.07, 6.45) is -0.783. The lowest BCUT2D eigenvalue weighted by Crippen LogP contribution is -2.36. The molecule has 2 rings (SSSR count). The molecule has 5 heteroatoms. The fourth-order valence-corrected chi connectivity index (χ4v) is 2.10. The molecule has 0 aromatic rings. The Balaban J connectivity index is 2.09. The summed E-state index contributed by atoms with van der Waals surface area (Å²) in [5.41, 5.74) is 5.62. The first-order valence-electron chi connectivity index (χ1n) is 4.89. The van der Waals surface area contributed by atoms with E-state index < -0.39 is 5.79 Å². The van der Waals surface area contributed by atoms with E-state index in [1.807, 2.05) is 13.8 Å². The average Bonchev–Trinajstić information content (AvgIpc) is 2.55. The van der Waals surface area contributed by atoms with Crippen LogP contribution < -0.4 is 5.73 Å². The van der Waals surface area contributed by atoms with Crippen molar-refractivity contribution in [1.29, 1.82) is 0 Å². The summed E-state index contributed by atoms with van der Waals surface area (Å²) in [7, 11) is 0. The van der Waals surface area contributed by atoms with E-state index in [1.165, 1.54) is 0 Å². The van der Waals surface area contributed by atoms with E-state index in [9.17, 15) is 0 Å². The maximum Gasteiger partial charge on any atom is 0.187 e. The Bertz CT molecular complexity index is 221. The Kier molecular flexibility index (Phi) is 2.53. The quantitative estimate of drug-likeness (QED) is 0.628. The van der Waals surface area contributed by atoms with Gasteiger partial charge in [-0.05, 0) is 13.8 Å². The largest absolute Gasteiger partial charge is 0.394 e. The van der Waals surface area contributed by atoms with E-state index >= 15 is 0 Å². The second-order valence-corrected chi connectivity index (χ2v) is 4.23. The maximum atomic E-state index is 9.06. The zero-order chi connectivity index (χ0) is 10.3. The molecular weight excluding hydrogens is 186 g/mol. The highest BCUT2D eigenvalue weighted by atomic mass is 16.8. The molecule has 0 unspecified atom stereocenters. The minimum Gasteiger partial charge on any atom is -0.394 e. The Labute approximate surface area is 83.1 Å². The lowest BCUT2D eigenvalue weighted by Gasteiger charge is -2.23. The number of hydrogen-bond acceptors (Lipinski definition) is 5. The Hall–Kier alpha value is -0.200. The lowest BCUT2D eigenvalue weighted by atomic mass is 9.99. The van der Waals surface area contributed by atoms with Crippen LogP contribution in [0.15, 0.2) is 0 Å². The van der Waals surface area contributed by atoms with Gasteiger partial charge in [-0.3, -0.25) is 0 Å². The third-order valence-corrected chi connectivity index (χ3v) is 2.75. The van der Waals surface area contributed by atoms with Crippen molar-refractivity contribution in [3.05, 3.63) is 0 Å². The number of nitrogens with two attached hydrogens (primary N) is 1. The number of rotatable bonds is 2. The van der Waals surface area contributed by atoms with E-state index in [1.54, 1.807) is 0 Å². The van der Waals surface area contributed by atoms with Crippen LogP contribution in [0.1, 0.15) is 13.8 Å². The van der Waals surface area contributed by atoms with Crippen LogP contribution in [0.4, 0.5) is 0 Å². The first-order chi connectivity index (χ1) is 6.57. The molecule has 2 aliphatic heterocycles. The molecule has 0 aromatic heterocycles. The molecule has 3 N–H and O–H groups in total. The minimum atomic E-state index is -0.608. The van der Waals surface area contributed by atoms with Crippen LogP contribution in [0.2, 0.25) is 0 Å². The highest BCUT2D eigenvalue weighted by molar-refractivity contribution is 4.92. The van der Waals surface area contributed by atoms with Crippen molar-refractivity contribution in [2.45, 2.75) is 38.1 Å². The number of aliphatic hydroxyl groups excluding tert-OH is 1. The summed E-state index contributed by atoms with van der Waals surface area (Å²) in [6.45, 7) is 4.08. The lowest BCUT2D eigenvalue weighted by molar-refractivity contribution is -0.212. The van der Waals surface area contributed by atoms with Crippen LogP contribution in [0.25, 0.3) is 0 Å².